The smallest absolute Gasteiger partial charge is 0.326 e. The second kappa shape index (κ2) is 5.99. The summed E-state index contributed by atoms with van der Waals surface area (Å²) in [5.74, 6) is -0.105. The Labute approximate surface area is 127 Å². The first-order valence-electron chi connectivity index (χ1n) is 7.01. The first-order chi connectivity index (χ1) is 9.72. The van der Waals surface area contributed by atoms with Crippen molar-refractivity contribution in [2.24, 2.45) is 0 Å². The molecule has 0 amide bonds. The van der Waals surface area contributed by atoms with Crippen molar-refractivity contribution in [3.05, 3.63) is 6.33 Å². The van der Waals surface area contributed by atoms with Crippen LogP contribution in [0.15, 0.2) is 10.7 Å². The number of carbonyl (C=O) groups excluding carboxylic acids is 1. The highest BCUT2D eigenvalue weighted by atomic mass is 32.2. The van der Waals surface area contributed by atoms with Gasteiger partial charge in [-0.1, -0.05) is 11.8 Å². The van der Waals surface area contributed by atoms with Crippen molar-refractivity contribution >= 4 is 29.3 Å². The van der Waals surface area contributed by atoms with E-state index in [0.717, 1.165) is 30.0 Å². The van der Waals surface area contributed by atoms with E-state index < -0.39 is 5.54 Å². The molecular formula is C13H19N3O2S2. The van der Waals surface area contributed by atoms with Crippen LogP contribution in [0.2, 0.25) is 0 Å². The van der Waals surface area contributed by atoms with Crippen LogP contribution in [0.25, 0.3) is 0 Å². The number of carbonyl (C=O) groups is 1. The number of methoxy groups -OCH3 is 1. The van der Waals surface area contributed by atoms with Gasteiger partial charge in [0.15, 0.2) is 4.34 Å². The Morgan fingerprint density at radius 1 is 1.55 bits per heavy atom. The molecule has 2 unspecified atom stereocenters. The number of ether oxygens (including phenoxy) is 1. The van der Waals surface area contributed by atoms with Crippen LogP contribution in [0.4, 0.5) is 0 Å². The topological polar surface area (TPSA) is 64.1 Å². The number of aromatic nitrogens is 2. The molecule has 20 heavy (non-hydrogen) atoms. The zero-order valence-electron chi connectivity index (χ0n) is 11.5. The van der Waals surface area contributed by atoms with E-state index in [1.165, 1.54) is 31.5 Å². The molecule has 2 saturated carbocycles. The second-order valence-corrected chi connectivity index (χ2v) is 7.86. The second-order valence-electron chi connectivity index (χ2n) is 5.54. The minimum atomic E-state index is -0.490. The monoisotopic (exact) mass is 313 g/mol. The Balaban J connectivity index is 1.70. The molecule has 0 saturated heterocycles. The molecular weight excluding hydrogens is 294 g/mol. The highest BCUT2D eigenvalue weighted by Crippen LogP contribution is 2.40. The third-order valence-electron chi connectivity index (χ3n) is 3.95. The van der Waals surface area contributed by atoms with E-state index >= 15 is 0 Å². The van der Waals surface area contributed by atoms with E-state index in [2.05, 4.69) is 14.7 Å². The Hall–Kier alpha value is -0.660. The molecule has 2 atom stereocenters. The van der Waals surface area contributed by atoms with Gasteiger partial charge in [0.1, 0.15) is 11.9 Å². The molecule has 2 fully saturated rings. The predicted octanol–water partition coefficient (Wildman–Crippen LogP) is 2.24. The predicted molar refractivity (Wildman–Crippen MR) is 78.9 cm³/mol. The number of hydrogen-bond donors (Lipinski definition) is 1. The van der Waals surface area contributed by atoms with E-state index in [-0.39, 0.29) is 5.97 Å². The van der Waals surface area contributed by atoms with Crippen molar-refractivity contribution in [2.75, 3.05) is 7.11 Å². The average Bonchev–Trinajstić information content (AvgIpc) is 3.11. The van der Waals surface area contributed by atoms with Crippen molar-refractivity contribution in [1.82, 2.24) is 14.7 Å². The molecule has 1 heterocycles. The van der Waals surface area contributed by atoms with Crippen LogP contribution < -0.4 is 5.32 Å². The minimum Gasteiger partial charge on any atom is -0.468 e. The van der Waals surface area contributed by atoms with Crippen LogP contribution in [-0.2, 0) is 9.53 Å². The lowest BCUT2D eigenvalue weighted by molar-refractivity contribution is -0.150. The summed E-state index contributed by atoms with van der Waals surface area (Å²) in [5, 5.41) is 3.95. The lowest BCUT2D eigenvalue weighted by Gasteiger charge is -2.39. The van der Waals surface area contributed by atoms with E-state index in [1.807, 2.05) is 0 Å². The average molecular weight is 313 g/mol. The highest BCUT2D eigenvalue weighted by molar-refractivity contribution is 8.01. The lowest BCUT2D eigenvalue weighted by Crippen LogP contribution is -2.56. The molecule has 3 rings (SSSR count). The van der Waals surface area contributed by atoms with Crippen molar-refractivity contribution in [3.63, 3.8) is 0 Å². The molecule has 0 radical (unpaired) electrons. The Morgan fingerprint density at radius 2 is 2.40 bits per heavy atom. The van der Waals surface area contributed by atoms with Gasteiger partial charge >= 0.3 is 5.97 Å². The van der Waals surface area contributed by atoms with Crippen molar-refractivity contribution in [1.29, 1.82) is 0 Å². The SMILES string of the molecule is COC(=O)C1(NC2CC2)CCCC(Sc2ncns2)C1. The number of thioether (sulfide) groups is 1. The molecule has 0 spiro atoms. The molecule has 0 aliphatic heterocycles. The Bertz CT molecular complexity index is 464. The summed E-state index contributed by atoms with van der Waals surface area (Å²) in [7, 11) is 1.49. The minimum absolute atomic E-state index is 0.105. The summed E-state index contributed by atoms with van der Waals surface area (Å²) in [6, 6.07) is 0.499. The molecule has 1 N–H and O–H groups in total. The van der Waals surface area contributed by atoms with Gasteiger partial charge in [-0.05, 0) is 50.1 Å². The third kappa shape index (κ3) is 3.15. The molecule has 1 aromatic heterocycles. The molecule has 5 nitrogen and oxygen atoms in total. The van der Waals surface area contributed by atoms with Gasteiger partial charge in [-0.2, -0.15) is 4.37 Å². The van der Waals surface area contributed by atoms with Gasteiger partial charge in [-0.15, -0.1) is 0 Å². The Kier molecular flexibility index (Phi) is 4.28. The van der Waals surface area contributed by atoms with Gasteiger partial charge in [0.05, 0.1) is 7.11 Å². The van der Waals surface area contributed by atoms with E-state index in [0.29, 0.717) is 11.3 Å². The van der Waals surface area contributed by atoms with E-state index in [9.17, 15) is 4.79 Å². The van der Waals surface area contributed by atoms with Crippen LogP contribution in [0.1, 0.15) is 38.5 Å². The van der Waals surface area contributed by atoms with Gasteiger partial charge in [-0.25, -0.2) is 4.98 Å². The third-order valence-corrected chi connectivity index (χ3v) is 5.96. The summed E-state index contributed by atoms with van der Waals surface area (Å²) >= 11 is 3.17. The normalized spacial score (nSPS) is 30.1. The Morgan fingerprint density at radius 3 is 3.05 bits per heavy atom. The highest BCUT2D eigenvalue weighted by Gasteiger charge is 2.46. The summed E-state index contributed by atoms with van der Waals surface area (Å²) < 4.78 is 10.1. The van der Waals surface area contributed by atoms with Crippen LogP contribution in [-0.4, -0.2) is 39.3 Å². The summed E-state index contributed by atoms with van der Waals surface area (Å²) in [5.41, 5.74) is -0.490. The zero-order chi connectivity index (χ0) is 14.0. The first-order valence-corrected chi connectivity index (χ1v) is 8.66. The molecule has 2 aliphatic carbocycles. The maximum Gasteiger partial charge on any atom is 0.326 e. The van der Waals surface area contributed by atoms with Gasteiger partial charge in [0.2, 0.25) is 0 Å². The van der Waals surface area contributed by atoms with Gasteiger partial charge in [0, 0.05) is 11.3 Å². The van der Waals surface area contributed by atoms with Crippen molar-refractivity contribution in [3.8, 4) is 0 Å². The number of esters is 1. The molecule has 7 heteroatoms. The van der Waals surface area contributed by atoms with E-state index in [4.69, 9.17) is 4.74 Å². The molecule has 0 bridgehead atoms. The first kappa shape index (κ1) is 14.3. The largest absolute Gasteiger partial charge is 0.468 e. The van der Waals surface area contributed by atoms with Crippen LogP contribution >= 0.6 is 23.3 Å². The fourth-order valence-corrected chi connectivity index (χ4v) is 4.91. The zero-order valence-corrected chi connectivity index (χ0v) is 13.1. The standard InChI is InChI=1S/C13H19N3O2S2/c1-18-11(17)13(16-9-4-5-9)6-2-3-10(7-13)19-12-14-8-15-20-12/h8-10,16H,2-7H2,1H3. The van der Waals surface area contributed by atoms with E-state index in [1.54, 1.807) is 18.1 Å². The van der Waals surface area contributed by atoms with Crippen molar-refractivity contribution in [2.45, 2.75) is 59.7 Å². The van der Waals surface area contributed by atoms with Gasteiger partial charge in [-0.3, -0.25) is 10.1 Å². The summed E-state index contributed by atoms with van der Waals surface area (Å²) in [6.45, 7) is 0. The van der Waals surface area contributed by atoms with Gasteiger partial charge < -0.3 is 4.74 Å². The summed E-state index contributed by atoms with van der Waals surface area (Å²) in [4.78, 5) is 16.5. The van der Waals surface area contributed by atoms with Gasteiger partial charge in [0.25, 0.3) is 0 Å². The molecule has 0 aromatic carbocycles. The van der Waals surface area contributed by atoms with Crippen LogP contribution in [0, 0.1) is 0 Å². The van der Waals surface area contributed by atoms with Crippen LogP contribution in [0.3, 0.4) is 0 Å². The molecule has 1 aromatic rings. The summed E-state index contributed by atoms with van der Waals surface area (Å²) in [6.07, 6.45) is 7.80. The molecule has 2 aliphatic rings. The molecule has 110 valence electrons. The fraction of sp³-hybridized carbons (Fsp3) is 0.769. The van der Waals surface area contributed by atoms with Crippen molar-refractivity contribution < 1.29 is 9.53 Å². The number of rotatable bonds is 5. The lowest BCUT2D eigenvalue weighted by atomic mass is 9.81. The number of nitrogens with one attached hydrogen (secondary N) is 1. The quantitative estimate of drug-likeness (QED) is 0.841. The fourth-order valence-electron chi connectivity index (χ4n) is 2.87. The maximum absolute atomic E-state index is 12.3. The maximum atomic E-state index is 12.3. The number of hydrogen-bond acceptors (Lipinski definition) is 7. The number of nitrogens with zero attached hydrogens (tertiary/aromatic N) is 2. The van der Waals surface area contributed by atoms with Crippen LogP contribution in [0.5, 0.6) is 0 Å².